The first-order valence-corrected chi connectivity index (χ1v) is 5.95. The van der Waals surface area contributed by atoms with Crippen LogP contribution < -0.4 is 5.32 Å². The highest BCUT2D eigenvalue weighted by Crippen LogP contribution is 2.07. The Labute approximate surface area is 107 Å². The van der Waals surface area contributed by atoms with Crippen LogP contribution in [0.2, 0.25) is 0 Å². The molecule has 5 heteroatoms. The summed E-state index contributed by atoms with van der Waals surface area (Å²) in [6, 6.07) is 4.09. The van der Waals surface area contributed by atoms with Gasteiger partial charge in [0.1, 0.15) is 0 Å². The van der Waals surface area contributed by atoms with Crippen LogP contribution in [0, 0.1) is 6.92 Å². The molecular weight excluding hydrogens is 228 g/mol. The van der Waals surface area contributed by atoms with Crippen LogP contribution in [0.1, 0.15) is 11.3 Å². The Morgan fingerprint density at radius 2 is 2.22 bits per heavy atom. The van der Waals surface area contributed by atoms with Gasteiger partial charge in [0.2, 0.25) is 0 Å². The SMILES string of the molecule is COCCn1cc(NCc2ccc(C)cn2)cn1. The lowest BCUT2D eigenvalue weighted by atomic mass is 10.3. The number of hydrogen-bond acceptors (Lipinski definition) is 4. The highest BCUT2D eigenvalue weighted by molar-refractivity contribution is 5.38. The molecule has 0 spiro atoms. The molecular formula is C13H18N4O. The molecule has 0 saturated heterocycles. The van der Waals surface area contributed by atoms with Gasteiger partial charge in [-0.3, -0.25) is 9.67 Å². The monoisotopic (exact) mass is 246 g/mol. The zero-order valence-electron chi connectivity index (χ0n) is 10.8. The van der Waals surface area contributed by atoms with E-state index in [-0.39, 0.29) is 0 Å². The highest BCUT2D eigenvalue weighted by Gasteiger charge is 1.99. The summed E-state index contributed by atoms with van der Waals surface area (Å²) in [4.78, 5) is 4.34. The number of ether oxygens (including phenoxy) is 1. The Kier molecular flexibility index (Phi) is 4.30. The van der Waals surface area contributed by atoms with Crippen molar-refractivity contribution in [3.63, 3.8) is 0 Å². The lowest BCUT2D eigenvalue weighted by Crippen LogP contribution is -2.04. The minimum Gasteiger partial charge on any atom is -0.383 e. The molecule has 2 heterocycles. The lowest BCUT2D eigenvalue weighted by molar-refractivity contribution is 0.183. The zero-order chi connectivity index (χ0) is 12.8. The number of pyridine rings is 1. The minimum atomic E-state index is 0.667. The fraction of sp³-hybridized carbons (Fsp3) is 0.385. The Balaban J connectivity index is 1.86. The van der Waals surface area contributed by atoms with Gasteiger partial charge >= 0.3 is 0 Å². The van der Waals surface area contributed by atoms with E-state index in [9.17, 15) is 0 Å². The Hall–Kier alpha value is -1.88. The van der Waals surface area contributed by atoms with Crippen molar-refractivity contribution >= 4 is 5.69 Å². The Bertz CT molecular complexity index is 478. The summed E-state index contributed by atoms with van der Waals surface area (Å²) < 4.78 is 6.86. The molecule has 2 rings (SSSR count). The average Bonchev–Trinajstić information content (AvgIpc) is 2.84. The van der Waals surface area contributed by atoms with Gasteiger partial charge < -0.3 is 10.1 Å². The van der Waals surface area contributed by atoms with Crippen LogP contribution >= 0.6 is 0 Å². The van der Waals surface area contributed by atoms with Crippen LogP contribution in [0.3, 0.4) is 0 Å². The fourth-order valence-corrected chi connectivity index (χ4v) is 1.56. The third-order valence-corrected chi connectivity index (χ3v) is 2.60. The van der Waals surface area contributed by atoms with E-state index in [1.807, 2.05) is 36.3 Å². The van der Waals surface area contributed by atoms with Gasteiger partial charge in [0.15, 0.2) is 0 Å². The van der Waals surface area contributed by atoms with E-state index in [0.29, 0.717) is 13.2 Å². The predicted octanol–water partition coefficient (Wildman–Crippen LogP) is 1.85. The maximum absolute atomic E-state index is 5.00. The summed E-state index contributed by atoms with van der Waals surface area (Å²) in [6.45, 7) is 4.17. The molecule has 0 aliphatic rings. The molecule has 0 radical (unpaired) electrons. The number of rotatable bonds is 6. The molecule has 96 valence electrons. The minimum absolute atomic E-state index is 0.667. The van der Waals surface area contributed by atoms with Gasteiger partial charge in [0, 0.05) is 19.5 Å². The normalized spacial score (nSPS) is 10.6. The smallest absolute Gasteiger partial charge is 0.0729 e. The summed E-state index contributed by atoms with van der Waals surface area (Å²) in [5.41, 5.74) is 3.19. The number of aromatic nitrogens is 3. The molecule has 0 aromatic carbocycles. The van der Waals surface area contributed by atoms with E-state index in [1.54, 1.807) is 7.11 Å². The number of nitrogens with one attached hydrogen (secondary N) is 1. The van der Waals surface area contributed by atoms with Gasteiger partial charge in [0.25, 0.3) is 0 Å². The standard InChI is InChI=1S/C13H18N4O/c1-11-3-4-12(14-7-11)8-15-13-9-16-17(10-13)5-6-18-2/h3-4,7,9-10,15H,5-6,8H2,1-2H3. The van der Waals surface area contributed by atoms with Crippen molar-refractivity contribution in [2.24, 2.45) is 0 Å². The summed E-state index contributed by atoms with van der Waals surface area (Å²) in [5, 5.41) is 7.52. The molecule has 0 bridgehead atoms. The lowest BCUT2D eigenvalue weighted by Gasteiger charge is -2.03. The number of aryl methyl sites for hydroxylation is 1. The van der Waals surface area contributed by atoms with E-state index in [1.165, 1.54) is 5.56 Å². The molecule has 0 unspecified atom stereocenters. The molecule has 0 atom stereocenters. The average molecular weight is 246 g/mol. The summed E-state index contributed by atoms with van der Waals surface area (Å²) in [7, 11) is 1.69. The number of anilines is 1. The van der Waals surface area contributed by atoms with Crippen LogP contribution in [0.4, 0.5) is 5.69 Å². The molecule has 0 aliphatic heterocycles. The van der Waals surface area contributed by atoms with Gasteiger partial charge in [-0.1, -0.05) is 6.07 Å². The van der Waals surface area contributed by atoms with Crippen LogP contribution in [0.25, 0.3) is 0 Å². The maximum Gasteiger partial charge on any atom is 0.0729 e. The van der Waals surface area contributed by atoms with Gasteiger partial charge in [-0.25, -0.2) is 0 Å². The van der Waals surface area contributed by atoms with E-state index < -0.39 is 0 Å². The third kappa shape index (κ3) is 3.56. The molecule has 5 nitrogen and oxygen atoms in total. The van der Waals surface area contributed by atoms with Crippen molar-refractivity contribution in [1.82, 2.24) is 14.8 Å². The second kappa shape index (κ2) is 6.16. The summed E-state index contributed by atoms with van der Waals surface area (Å²) >= 11 is 0. The van der Waals surface area contributed by atoms with E-state index in [0.717, 1.165) is 17.9 Å². The molecule has 0 aliphatic carbocycles. The summed E-state index contributed by atoms with van der Waals surface area (Å²) in [6.07, 6.45) is 5.65. The molecule has 0 saturated carbocycles. The highest BCUT2D eigenvalue weighted by atomic mass is 16.5. The van der Waals surface area contributed by atoms with E-state index >= 15 is 0 Å². The Morgan fingerprint density at radius 1 is 1.33 bits per heavy atom. The van der Waals surface area contributed by atoms with E-state index in [2.05, 4.69) is 21.5 Å². The van der Waals surface area contributed by atoms with Gasteiger partial charge in [-0.2, -0.15) is 5.10 Å². The largest absolute Gasteiger partial charge is 0.383 e. The van der Waals surface area contributed by atoms with Crippen LogP contribution in [0.15, 0.2) is 30.7 Å². The quantitative estimate of drug-likeness (QED) is 0.845. The van der Waals surface area contributed by atoms with Gasteiger partial charge in [-0.15, -0.1) is 0 Å². The first-order chi connectivity index (χ1) is 8.78. The van der Waals surface area contributed by atoms with Crippen molar-refractivity contribution in [3.8, 4) is 0 Å². The van der Waals surface area contributed by atoms with Crippen LogP contribution in [-0.2, 0) is 17.8 Å². The first kappa shape index (κ1) is 12.6. The van der Waals surface area contributed by atoms with E-state index in [4.69, 9.17) is 4.74 Å². The Morgan fingerprint density at radius 3 is 2.94 bits per heavy atom. The molecule has 1 N–H and O–H groups in total. The maximum atomic E-state index is 5.00. The third-order valence-electron chi connectivity index (χ3n) is 2.60. The zero-order valence-corrected chi connectivity index (χ0v) is 10.8. The summed E-state index contributed by atoms with van der Waals surface area (Å²) in [5.74, 6) is 0. The van der Waals surface area contributed by atoms with Crippen molar-refractivity contribution in [2.75, 3.05) is 19.0 Å². The topological polar surface area (TPSA) is 52.0 Å². The van der Waals surface area contributed by atoms with Crippen molar-refractivity contribution < 1.29 is 4.74 Å². The van der Waals surface area contributed by atoms with Crippen molar-refractivity contribution in [1.29, 1.82) is 0 Å². The molecule has 18 heavy (non-hydrogen) atoms. The first-order valence-electron chi connectivity index (χ1n) is 5.95. The molecule has 0 fully saturated rings. The fourth-order valence-electron chi connectivity index (χ4n) is 1.56. The van der Waals surface area contributed by atoms with Crippen molar-refractivity contribution in [3.05, 3.63) is 42.0 Å². The molecule has 2 aromatic heterocycles. The number of hydrogen-bond donors (Lipinski definition) is 1. The number of methoxy groups -OCH3 is 1. The van der Waals surface area contributed by atoms with Gasteiger partial charge in [0.05, 0.1) is 37.3 Å². The second-order valence-corrected chi connectivity index (χ2v) is 4.17. The second-order valence-electron chi connectivity index (χ2n) is 4.17. The van der Waals surface area contributed by atoms with Crippen LogP contribution in [-0.4, -0.2) is 28.5 Å². The number of nitrogens with zero attached hydrogens (tertiary/aromatic N) is 3. The predicted molar refractivity (Wildman–Crippen MR) is 70.4 cm³/mol. The molecule has 2 aromatic rings. The molecule has 0 amide bonds. The van der Waals surface area contributed by atoms with Crippen molar-refractivity contribution in [2.45, 2.75) is 20.0 Å². The van der Waals surface area contributed by atoms with Gasteiger partial charge in [-0.05, 0) is 18.6 Å². The van der Waals surface area contributed by atoms with Crippen LogP contribution in [0.5, 0.6) is 0 Å².